The molecule has 1 aliphatic rings. The molecule has 0 amide bonds. The van der Waals surface area contributed by atoms with Crippen LogP contribution in [0.3, 0.4) is 0 Å². The van der Waals surface area contributed by atoms with Crippen LogP contribution in [0.4, 0.5) is 0 Å². The number of nitrogens with one attached hydrogen (secondary N) is 1. The van der Waals surface area contributed by atoms with Gasteiger partial charge in [0.25, 0.3) is 0 Å². The van der Waals surface area contributed by atoms with Crippen molar-refractivity contribution in [2.75, 3.05) is 39.4 Å². The molecule has 0 aromatic heterocycles. The Bertz CT molecular complexity index is 202. The molecule has 0 aromatic rings. The minimum Gasteiger partial charge on any atom is -0.353 e. The fraction of sp³-hybridized carbons (Fsp3) is 1.00. The molecule has 0 radical (unpaired) electrons. The number of hydrogen-bond donors (Lipinski definition) is 1. The fourth-order valence-corrected chi connectivity index (χ4v) is 2.79. The minimum absolute atomic E-state index is 0.0314. The molecule has 1 saturated heterocycles. The standard InChI is InChI=1S/C15H32N2O2/c1-4-12-17(14-7-10-16-11-8-14)13-9-15(18-5-2)19-6-3/h14-16H,4-13H2,1-3H3. The Balaban J connectivity index is 2.37. The number of nitrogens with zero attached hydrogens (tertiary/aromatic N) is 1. The lowest BCUT2D eigenvalue weighted by Gasteiger charge is -2.35. The van der Waals surface area contributed by atoms with Crippen molar-refractivity contribution in [3.8, 4) is 0 Å². The molecule has 0 spiro atoms. The molecule has 0 unspecified atom stereocenters. The van der Waals surface area contributed by atoms with Crippen molar-refractivity contribution in [3.05, 3.63) is 0 Å². The zero-order valence-corrected chi connectivity index (χ0v) is 13.0. The monoisotopic (exact) mass is 272 g/mol. The maximum Gasteiger partial charge on any atom is 0.158 e. The molecule has 114 valence electrons. The topological polar surface area (TPSA) is 33.7 Å². The molecular formula is C15H32N2O2. The van der Waals surface area contributed by atoms with E-state index in [0.29, 0.717) is 0 Å². The van der Waals surface area contributed by atoms with Crippen LogP contribution in [0.25, 0.3) is 0 Å². The van der Waals surface area contributed by atoms with Gasteiger partial charge in [-0.3, -0.25) is 0 Å². The predicted molar refractivity (Wildman–Crippen MR) is 79.4 cm³/mol. The predicted octanol–water partition coefficient (Wildman–Crippen LogP) is 2.24. The van der Waals surface area contributed by atoms with Crippen LogP contribution < -0.4 is 5.32 Å². The van der Waals surface area contributed by atoms with Crippen molar-refractivity contribution in [3.63, 3.8) is 0 Å². The average molecular weight is 272 g/mol. The zero-order chi connectivity index (χ0) is 13.9. The third-order valence-corrected chi connectivity index (χ3v) is 3.69. The molecule has 1 heterocycles. The number of hydrogen-bond acceptors (Lipinski definition) is 4. The van der Waals surface area contributed by atoms with Gasteiger partial charge >= 0.3 is 0 Å². The third-order valence-electron chi connectivity index (χ3n) is 3.69. The highest BCUT2D eigenvalue weighted by molar-refractivity contribution is 4.77. The molecule has 0 atom stereocenters. The summed E-state index contributed by atoms with van der Waals surface area (Å²) in [5.41, 5.74) is 0. The van der Waals surface area contributed by atoms with Gasteiger partial charge in [0.05, 0.1) is 0 Å². The highest BCUT2D eigenvalue weighted by Crippen LogP contribution is 2.14. The van der Waals surface area contributed by atoms with Crippen LogP contribution in [0.2, 0.25) is 0 Å². The minimum atomic E-state index is -0.0314. The summed E-state index contributed by atoms with van der Waals surface area (Å²) in [4.78, 5) is 2.63. The molecule has 0 saturated carbocycles. The Morgan fingerprint density at radius 2 is 1.68 bits per heavy atom. The van der Waals surface area contributed by atoms with E-state index in [9.17, 15) is 0 Å². The Labute approximate surface area is 118 Å². The van der Waals surface area contributed by atoms with Gasteiger partial charge in [0.15, 0.2) is 6.29 Å². The van der Waals surface area contributed by atoms with Crippen LogP contribution in [-0.2, 0) is 9.47 Å². The normalized spacial score (nSPS) is 17.5. The van der Waals surface area contributed by atoms with Gasteiger partial charge in [0.1, 0.15) is 0 Å². The first-order chi connectivity index (χ1) is 9.31. The molecule has 0 aromatic carbocycles. The molecule has 4 nitrogen and oxygen atoms in total. The number of piperidine rings is 1. The number of rotatable bonds is 10. The van der Waals surface area contributed by atoms with Gasteiger partial charge < -0.3 is 19.7 Å². The van der Waals surface area contributed by atoms with Gasteiger partial charge in [-0.1, -0.05) is 6.92 Å². The van der Waals surface area contributed by atoms with Gasteiger partial charge in [0.2, 0.25) is 0 Å². The van der Waals surface area contributed by atoms with E-state index in [2.05, 4.69) is 17.1 Å². The fourth-order valence-electron chi connectivity index (χ4n) is 2.79. The first-order valence-corrected chi connectivity index (χ1v) is 7.99. The number of ether oxygens (including phenoxy) is 2. The average Bonchev–Trinajstić information content (AvgIpc) is 2.44. The first-order valence-electron chi connectivity index (χ1n) is 7.99. The van der Waals surface area contributed by atoms with Gasteiger partial charge in [-0.15, -0.1) is 0 Å². The van der Waals surface area contributed by atoms with Gasteiger partial charge in [-0.25, -0.2) is 0 Å². The summed E-state index contributed by atoms with van der Waals surface area (Å²) in [5, 5.41) is 3.44. The highest BCUT2D eigenvalue weighted by Gasteiger charge is 2.21. The van der Waals surface area contributed by atoms with E-state index in [-0.39, 0.29) is 6.29 Å². The molecule has 0 aliphatic carbocycles. The van der Waals surface area contributed by atoms with Crippen LogP contribution in [0, 0.1) is 0 Å². The third kappa shape index (κ3) is 6.70. The Morgan fingerprint density at radius 1 is 1.05 bits per heavy atom. The lowest BCUT2D eigenvalue weighted by Crippen LogP contribution is -2.44. The van der Waals surface area contributed by atoms with E-state index in [4.69, 9.17) is 9.47 Å². The Morgan fingerprint density at radius 3 is 2.21 bits per heavy atom. The van der Waals surface area contributed by atoms with Gasteiger partial charge in [0, 0.05) is 32.2 Å². The van der Waals surface area contributed by atoms with E-state index in [1.165, 1.54) is 25.8 Å². The van der Waals surface area contributed by atoms with E-state index >= 15 is 0 Å². The summed E-state index contributed by atoms with van der Waals surface area (Å²) in [6.07, 6.45) is 4.71. The first kappa shape index (κ1) is 16.9. The van der Waals surface area contributed by atoms with Crippen molar-refractivity contribution in [1.82, 2.24) is 10.2 Å². The van der Waals surface area contributed by atoms with E-state index in [1.807, 2.05) is 13.8 Å². The maximum absolute atomic E-state index is 5.64. The van der Waals surface area contributed by atoms with Gasteiger partial charge in [-0.05, 0) is 52.7 Å². The molecule has 1 rings (SSSR count). The lowest BCUT2D eigenvalue weighted by molar-refractivity contribution is -0.142. The summed E-state index contributed by atoms with van der Waals surface area (Å²) < 4.78 is 11.3. The SMILES string of the molecule is CCCN(CCC(OCC)OCC)C1CCNCC1. The second-order valence-electron chi connectivity index (χ2n) is 5.15. The van der Waals surface area contributed by atoms with Crippen molar-refractivity contribution < 1.29 is 9.47 Å². The van der Waals surface area contributed by atoms with Crippen LogP contribution >= 0.6 is 0 Å². The zero-order valence-electron chi connectivity index (χ0n) is 13.0. The molecule has 4 heteroatoms. The van der Waals surface area contributed by atoms with Crippen LogP contribution in [0.15, 0.2) is 0 Å². The summed E-state index contributed by atoms with van der Waals surface area (Å²) in [6, 6.07) is 0.741. The molecule has 0 bridgehead atoms. The quantitative estimate of drug-likeness (QED) is 0.618. The smallest absolute Gasteiger partial charge is 0.158 e. The summed E-state index contributed by atoms with van der Waals surface area (Å²) >= 11 is 0. The largest absolute Gasteiger partial charge is 0.353 e. The second-order valence-corrected chi connectivity index (χ2v) is 5.15. The molecule has 1 fully saturated rings. The molecule has 19 heavy (non-hydrogen) atoms. The van der Waals surface area contributed by atoms with Crippen LogP contribution in [0.1, 0.15) is 46.5 Å². The Kier molecular flexibility index (Phi) is 9.43. The van der Waals surface area contributed by atoms with E-state index in [1.54, 1.807) is 0 Å². The molecule has 1 N–H and O–H groups in total. The van der Waals surface area contributed by atoms with Crippen molar-refractivity contribution >= 4 is 0 Å². The Hall–Kier alpha value is -0.160. The summed E-state index contributed by atoms with van der Waals surface area (Å²) in [5.74, 6) is 0. The summed E-state index contributed by atoms with van der Waals surface area (Å²) in [7, 11) is 0. The van der Waals surface area contributed by atoms with Crippen molar-refractivity contribution in [2.45, 2.75) is 58.8 Å². The molecular weight excluding hydrogens is 240 g/mol. The lowest BCUT2D eigenvalue weighted by atomic mass is 10.0. The van der Waals surface area contributed by atoms with Crippen molar-refractivity contribution in [1.29, 1.82) is 0 Å². The van der Waals surface area contributed by atoms with Crippen LogP contribution in [-0.4, -0.2) is 56.6 Å². The van der Waals surface area contributed by atoms with E-state index < -0.39 is 0 Å². The maximum atomic E-state index is 5.64. The van der Waals surface area contributed by atoms with Crippen molar-refractivity contribution in [2.24, 2.45) is 0 Å². The highest BCUT2D eigenvalue weighted by atomic mass is 16.7. The van der Waals surface area contributed by atoms with Gasteiger partial charge in [-0.2, -0.15) is 0 Å². The molecule has 1 aliphatic heterocycles. The van der Waals surface area contributed by atoms with Crippen LogP contribution in [0.5, 0.6) is 0 Å². The summed E-state index contributed by atoms with van der Waals surface area (Å²) in [6.45, 7) is 12.4. The van der Waals surface area contributed by atoms with E-state index in [0.717, 1.165) is 45.3 Å². The second kappa shape index (κ2) is 10.6.